The maximum atomic E-state index is 13.3. The second kappa shape index (κ2) is 8.87. The van der Waals surface area contributed by atoms with Crippen molar-refractivity contribution in [3.8, 4) is 23.3 Å². The molecule has 0 saturated carbocycles. The molecule has 0 aromatic heterocycles. The summed E-state index contributed by atoms with van der Waals surface area (Å²) in [6.45, 7) is 3.63. The van der Waals surface area contributed by atoms with Crippen molar-refractivity contribution in [3.05, 3.63) is 117 Å². The summed E-state index contributed by atoms with van der Waals surface area (Å²) in [7, 11) is 0. The maximum absolute atomic E-state index is 13.3. The Morgan fingerprint density at radius 2 is 0.875 bits per heavy atom. The Morgan fingerprint density at radius 1 is 0.500 bits per heavy atom. The molecule has 0 aliphatic carbocycles. The number of rotatable bonds is 3. The van der Waals surface area contributed by atoms with E-state index in [1.807, 2.05) is 13.8 Å². The molecule has 40 heavy (non-hydrogen) atoms. The average Bonchev–Trinajstić information content (AvgIpc) is 3.34. The predicted molar refractivity (Wildman–Crippen MR) is 146 cm³/mol. The molecule has 6 rings (SSSR count). The molecule has 4 aromatic carbocycles. The van der Waals surface area contributed by atoms with E-state index in [1.165, 1.54) is 12.1 Å². The minimum Gasteiger partial charge on any atom is -0.268 e. The first-order chi connectivity index (χ1) is 19.3. The number of anilines is 2. The molecule has 0 bridgehead atoms. The van der Waals surface area contributed by atoms with Gasteiger partial charge in [-0.25, -0.2) is 9.80 Å². The van der Waals surface area contributed by atoms with Gasteiger partial charge in [-0.2, -0.15) is 10.5 Å². The van der Waals surface area contributed by atoms with Crippen LogP contribution in [0.25, 0.3) is 11.1 Å². The van der Waals surface area contributed by atoms with Crippen LogP contribution in [-0.2, 0) is 0 Å². The Kier molecular flexibility index (Phi) is 5.42. The third-order valence-corrected chi connectivity index (χ3v) is 7.16. The molecule has 0 spiro atoms. The molecule has 2 aliphatic heterocycles. The van der Waals surface area contributed by atoms with Gasteiger partial charge in [-0.15, -0.1) is 0 Å². The van der Waals surface area contributed by atoms with Gasteiger partial charge in [0.05, 0.1) is 44.8 Å². The zero-order valence-corrected chi connectivity index (χ0v) is 21.4. The van der Waals surface area contributed by atoms with Gasteiger partial charge in [0, 0.05) is 11.1 Å². The highest BCUT2D eigenvalue weighted by Crippen LogP contribution is 2.40. The van der Waals surface area contributed by atoms with Crippen LogP contribution in [0.1, 0.15) is 63.7 Å². The molecular formula is C32H18N4O4. The second-order valence-corrected chi connectivity index (χ2v) is 9.61. The molecule has 8 heteroatoms. The molecule has 2 heterocycles. The molecule has 190 valence electrons. The summed E-state index contributed by atoms with van der Waals surface area (Å²) in [4.78, 5) is 55.0. The zero-order valence-electron chi connectivity index (χ0n) is 21.4. The Hall–Kier alpha value is -5.86. The van der Waals surface area contributed by atoms with E-state index in [9.17, 15) is 29.7 Å². The summed E-state index contributed by atoms with van der Waals surface area (Å²) in [5.41, 5.74) is 3.32. The fourth-order valence-corrected chi connectivity index (χ4v) is 5.28. The lowest BCUT2D eigenvalue weighted by atomic mass is 9.93. The van der Waals surface area contributed by atoms with E-state index in [4.69, 9.17) is 0 Å². The Bertz CT molecular complexity index is 1800. The summed E-state index contributed by atoms with van der Waals surface area (Å²) in [5.74, 6) is -2.20. The van der Waals surface area contributed by atoms with Gasteiger partial charge in [0.1, 0.15) is 12.1 Å². The van der Waals surface area contributed by atoms with E-state index in [0.29, 0.717) is 0 Å². The second-order valence-electron chi connectivity index (χ2n) is 9.61. The number of carbonyl (C=O) groups excluding carboxylic acids is 4. The van der Waals surface area contributed by atoms with Gasteiger partial charge in [0.25, 0.3) is 23.6 Å². The van der Waals surface area contributed by atoms with Crippen LogP contribution in [0.3, 0.4) is 0 Å². The van der Waals surface area contributed by atoms with Crippen LogP contribution in [0.5, 0.6) is 0 Å². The molecule has 4 aromatic rings. The first-order valence-electron chi connectivity index (χ1n) is 12.3. The van der Waals surface area contributed by atoms with Crippen molar-refractivity contribution in [2.45, 2.75) is 13.8 Å². The minimum atomic E-state index is -0.552. The third kappa shape index (κ3) is 3.37. The molecule has 0 unspecified atom stereocenters. The highest BCUT2D eigenvalue weighted by atomic mass is 16.2. The molecular weight excluding hydrogens is 504 g/mol. The number of amides is 4. The molecule has 0 N–H and O–H groups in total. The normalized spacial score (nSPS) is 13.8. The van der Waals surface area contributed by atoms with Crippen LogP contribution in [0, 0.1) is 36.5 Å². The van der Waals surface area contributed by atoms with Crippen LogP contribution < -0.4 is 9.80 Å². The first-order valence-corrected chi connectivity index (χ1v) is 12.3. The number of imide groups is 2. The summed E-state index contributed by atoms with van der Waals surface area (Å²) in [6.07, 6.45) is 0. The summed E-state index contributed by atoms with van der Waals surface area (Å²) >= 11 is 0. The van der Waals surface area contributed by atoms with Crippen molar-refractivity contribution >= 4 is 35.0 Å². The summed E-state index contributed by atoms with van der Waals surface area (Å²) in [6, 6.07) is 23.4. The highest BCUT2D eigenvalue weighted by molar-refractivity contribution is 6.36. The monoisotopic (exact) mass is 522 g/mol. The van der Waals surface area contributed by atoms with Gasteiger partial charge in [0.2, 0.25) is 0 Å². The lowest BCUT2D eigenvalue weighted by molar-refractivity contribution is 0.0910. The van der Waals surface area contributed by atoms with Gasteiger partial charge in [0.15, 0.2) is 0 Å². The number of nitriles is 2. The number of hydrogen-bond acceptors (Lipinski definition) is 6. The lowest BCUT2D eigenvalue weighted by Gasteiger charge is -2.20. The molecule has 0 fully saturated rings. The average molecular weight is 523 g/mol. The van der Waals surface area contributed by atoms with Crippen molar-refractivity contribution in [2.24, 2.45) is 0 Å². The van der Waals surface area contributed by atoms with E-state index in [-0.39, 0.29) is 55.9 Å². The number of aryl methyl sites for hydroxylation is 2. The van der Waals surface area contributed by atoms with Crippen molar-refractivity contribution in [3.63, 3.8) is 0 Å². The van der Waals surface area contributed by atoms with E-state index < -0.39 is 23.6 Å². The first kappa shape index (κ1) is 24.5. The van der Waals surface area contributed by atoms with Crippen molar-refractivity contribution in [2.75, 3.05) is 9.80 Å². The number of carbonyl (C=O) groups is 4. The molecule has 2 aliphatic rings. The van der Waals surface area contributed by atoms with Gasteiger partial charge in [-0.1, -0.05) is 47.5 Å². The fraction of sp³-hybridized carbons (Fsp3) is 0.0625. The highest BCUT2D eigenvalue weighted by Gasteiger charge is 2.40. The molecule has 0 atom stereocenters. The topological polar surface area (TPSA) is 122 Å². The summed E-state index contributed by atoms with van der Waals surface area (Å²) in [5, 5.41) is 20.5. The van der Waals surface area contributed by atoms with Gasteiger partial charge >= 0.3 is 0 Å². The van der Waals surface area contributed by atoms with Crippen LogP contribution in [0.4, 0.5) is 11.4 Å². The van der Waals surface area contributed by atoms with E-state index in [2.05, 4.69) is 12.1 Å². The van der Waals surface area contributed by atoms with Crippen LogP contribution in [0.2, 0.25) is 0 Å². The van der Waals surface area contributed by atoms with Crippen LogP contribution >= 0.6 is 0 Å². The number of hydrogen-bond donors (Lipinski definition) is 0. The molecule has 4 amide bonds. The maximum Gasteiger partial charge on any atom is 0.266 e. The van der Waals surface area contributed by atoms with Crippen molar-refractivity contribution < 1.29 is 19.2 Å². The summed E-state index contributed by atoms with van der Waals surface area (Å²) < 4.78 is 0. The van der Waals surface area contributed by atoms with Gasteiger partial charge < -0.3 is 0 Å². The third-order valence-electron chi connectivity index (χ3n) is 7.16. The quantitative estimate of drug-likeness (QED) is 0.336. The SMILES string of the molecule is Cc1ccc2c(c1)C(=O)N(c1cccc(-c3cccc(N4C(=O)c5ccc(C)cc5C4=O)c3C#N)c1C#N)C2=O. The number of nitrogens with zero attached hydrogens (tertiary/aromatic N) is 4. The minimum absolute atomic E-state index is 0.000337. The van der Waals surface area contributed by atoms with Crippen LogP contribution in [0.15, 0.2) is 72.8 Å². The Balaban J connectivity index is 1.50. The van der Waals surface area contributed by atoms with Crippen LogP contribution in [-0.4, -0.2) is 23.6 Å². The molecule has 0 saturated heterocycles. The lowest BCUT2D eigenvalue weighted by Crippen LogP contribution is -2.30. The predicted octanol–water partition coefficient (Wildman–Crippen LogP) is 5.32. The fourth-order valence-electron chi connectivity index (χ4n) is 5.28. The van der Waals surface area contributed by atoms with Gasteiger partial charge in [-0.3, -0.25) is 19.2 Å². The Morgan fingerprint density at radius 3 is 1.25 bits per heavy atom. The van der Waals surface area contributed by atoms with E-state index in [0.717, 1.165) is 20.9 Å². The molecule has 0 radical (unpaired) electrons. The van der Waals surface area contributed by atoms with Crippen molar-refractivity contribution in [1.82, 2.24) is 0 Å². The number of fused-ring (bicyclic) bond motifs is 2. The number of benzene rings is 4. The van der Waals surface area contributed by atoms with Gasteiger partial charge in [-0.05, 0) is 50.2 Å². The zero-order chi connectivity index (χ0) is 28.3. The van der Waals surface area contributed by atoms with Crippen molar-refractivity contribution in [1.29, 1.82) is 10.5 Å². The standard InChI is InChI=1S/C32H18N4O4/c1-17-9-11-21-23(13-17)31(39)35(29(21)37)27-7-3-5-19(25(27)15-33)20-6-4-8-28(26(20)16-34)36-30(38)22-12-10-18(2)14-24(22)32(36)40/h3-14H,1-2H3. The molecule has 8 nitrogen and oxygen atoms in total. The largest absolute Gasteiger partial charge is 0.268 e. The Labute approximate surface area is 228 Å². The smallest absolute Gasteiger partial charge is 0.266 e. The van der Waals surface area contributed by atoms with E-state index in [1.54, 1.807) is 60.7 Å². The van der Waals surface area contributed by atoms with E-state index >= 15 is 0 Å².